The van der Waals surface area contributed by atoms with Gasteiger partial charge in [-0.15, -0.1) is 0 Å². The molecule has 1 aliphatic carbocycles. The molecule has 0 N–H and O–H groups in total. The Labute approximate surface area is 158 Å². The molecule has 1 amide bonds. The lowest BCUT2D eigenvalue weighted by Gasteiger charge is -2.37. The van der Waals surface area contributed by atoms with Crippen LogP contribution in [0, 0.1) is 10.1 Å². The second-order valence-electron chi connectivity index (χ2n) is 7.78. The molecule has 0 radical (unpaired) electrons. The molecular formula is C20H26N2O5. The maximum absolute atomic E-state index is 12.8. The molecule has 0 aromatic heterocycles. The van der Waals surface area contributed by atoms with Gasteiger partial charge in [-0.25, -0.2) is 0 Å². The van der Waals surface area contributed by atoms with E-state index < -0.39 is 12.1 Å². The Bertz CT molecular complexity index is 701. The molecule has 2 fully saturated rings. The van der Waals surface area contributed by atoms with Crippen LogP contribution in [0.2, 0.25) is 0 Å². The number of carbonyl (C=O) groups excluding carboxylic acids is 1. The highest BCUT2D eigenvalue weighted by molar-refractivity contribution is 5.78. The summed E-state index contributed by atoms with van der Waals surface area (Å²) in [5.74, 6) is 0.969. The molecule has 3 heterocycles. The summed E-state index contributed by atoms with van der Waals surface area (Å²) in [6.45, 7) is 0.670. The van der Waals surface area contributed by atoms with Gasteiger partial charge in [-0.2, -0.15) is 0 Å². The number of amides is 1. The van der Waals surface area contributed by atoms with E-state index >= 15 is 0 Å². The second-order valence-corrected chi connectivity index (χ2v) is 7.78. The molecule has 7 nitrogen and oxygen atoms in total. The molecule has 1 saturated carbocycles. The average Bonchev–Trinajstić information content (AvgIpc) is 2.71. The molecule has 7 heteroatoms. The van der Waals surface area contributed by atoms with Crippen LogP contribution < -0.4 is 4.74 Å². The number of benzene rings is 1. The highest BCUT2D eigenvalue weighted by atomic mass is 16.6. The zero-order valence-corrected chi connectivity index (χ0v) is 15.4. The minimum atomic E-state index is -0.767. The fourth-order valence-corrected chi connectivity index (χ4v) is 4.74. The van der Waals surface area contributed by atoms with Crippen molar-refractivity contribution < 1.29 is 19.2 Å². The van der Waals surface area contributed by atoms with Gasteiger partial charge in [0.25, 0.3) is 5.91 Å². The third kappa shape index (κ3) is 3.78. The topological polar surface area (TPSA) is 81.9 Å². The van der Waals surface area contributed by atoms with Crippen LogP contribution in [-0.2, 0) is 9.53 Å². The number of carbonyl (C=O) groups is 1. The summed E-state index contributed by atoms with van der Waals surface area (Å²) in [7, 11) is 0. The number of hydrogen-bond donors (Lipinski definition) is 0. The van der Waals surface area contributed by atoms with Crippen molar-refractivity contribution in [1.82, 2.24) is 4.90 Å². The first-order valence-electron chi connectivity index (χ1n) is 9.90. The summed E-state index contributed by atoms with van der Waals surface area (Å²) in [5, 5.41) is 11.5. The van der Waals surface area contributed by atoms with Gasteiger partial charge in [0, 0.05) is 17.9 Å². The Morgan fingerprint density at radius 2 is 1.89 bits per heavy atom. The number of para-hydroxylation sites is 1. The SMILES string of the molecule is O=C1COc2ccccc2C2CCC(CC2)OCC2C([N+](=O)[O-])CCCN12. The third-order valence-corrected chi connectivity index (χ3v) is 6.22. The van der Waals surface area contributed by atoms with E-state index in [9.17, 15) is 14.9 Å². The molecule has 4 aliphatic rings. The summed E-state index contributed by atoms with van der Waals surface area (Å²) in [4.78, 5) is 25.7. The molecule has 0 spiro atoms. The van der Waals surface area contributed by atoms with Crippen molar-refractivity contribution in [2.75, 3.05) is 19.8 Å². The monoisotopic (exact) mass is 374 g/mol. The van der Waals surface area contributed by atoms with Crippen molar-refractivity contribution in [2.24, 2.45) is 0 Å². The number of hydrogen-bond acceptors (Lipinski definition) is 5. The van der Waals surface area contributed by atoms with Crippen molar-refractivity contribution in [3.8, 4) is 5.75 Å². The molecule has 1 aromatic carbocycles. The number of nitro groups is 1. The largest absolute Gasteiger partial charge is 0.483 e. The van der Waals surface area contributed by atoms with Gasteiger partial charge in [-0.1, -0.05) is 18.2 Å². The Morgan fingerprint density at radius 3 is 2.67 bits per heavy atom. The van der Waals surface area contributed by atoms with Crippen LogP contribution in [-0.4, -0.2) is 53.7 Å². The minimum absolute atomic E-state index is 0.0892. The molecule has 2 bridgehead atoms. The van der Waals surface area contributed by atoms with Gasteiger partial charge >= 0.3 is 0 Å². The first-order valence-corrected chi connectivity index (χ1v) is 9.90. The first kappa shape index (κ1) is 18.2. The minimum Gasteiger partial charge on any atom is -0.483 e. The standard InChI is InChI=1S/C20H26N2O5/c23-20-13-27-19-6-2-1-4-16(19)14-7-9-15(10-8-14)26-12-18-17(22(24)25)5-3-11-21(18)20/h1-2,4,6,14-15,17-18H,3,5,7-13H2. The normalized spacial score (nSPS) is 31.6. The first-order chi connectivity index (χ1) is 13.1. The molecule has 1 aromatic rings. The van der Waals surface area contributed by atoms with E-state index in [0.717, 1.165) is 37.0 Å². The van der Waals surface area contributed by atoms with Crippen molar-refractivity contribution >= 4 is 5.91 Å². The predicted octanol–water partition coefficient (Wildman–Crippen LogP) is 2.76. The molecule has 3 aliphatic heterocycles. The van der Waals surface area contributed by atoms with E-state index in [4.69, 9.17) is 9.47 Å². The summed E-state index contributed by atoms with van der Waals surface area (Å²) in [6, 6.07) is 6.64. The van der Waals surface area contributed by atoms with E-state index in [1.807, 2.05) is 18.2 Å². The van der Waals surface area contributed by atoms with Gasteiger partial charge in [0.15, 0.2) is 6.61 Å². The van der Waals surface area contributed by atoms with Crippen LogP contribution in [0.4, 0.5) is 0 Å². The molecule has 2 unspecified atom stereocenters. The smallest absolute Gasteiger partial charge is 0.261 e. The fraction of sp³-hybridized carbons (Fsp3) is 0.650. The van der Waals surface area contributed by atoms with E-state index in [1.54, 1.807) is 4.90 Å². The van der Waals surface area contributed by atoms with Gasteiger partial charge in [-0.3, -0.25) is 14.9 Å². The van der Waals surface area contributed by atoms with Crippen molar-refractivity contribution in [1.29, 1.82) is 0 Å². The lowest BCUT2D eigenvalue weighted by molar-refractivity contribution is -0.534. The Kier molecular flexibility index (Phi) is 5.29. The Hall–Kier alpha value is -2.15. The predicted molar refractivity (Wildman–Crippen MR) is 98.4 cm³/mol. The number of rotatable bonds is 1. The molecule has 27 heavy (non-hydrogen) atoms. The highest BCUT2D eigenvalue weighted by Crippen LogP contribution is 2.38. The van der Waals surface area contributed by atoms with Crippen LogP contribution in [0.25, 0.3) is 0 Å². The summed E-state index contributed by atoms with van der Waals surface area (Å²) >= 11 is 0. The molecular weight excluding hydrogens is 348 g/mol. The zero-order valence-electron chi connectivity index (χ0n) is 15.4. The van der Waals surface area contributed by atoms with Crippen molar-refractivity contribution in [2.45, 2.75) is 62.6 Å². The van der Waals surface area contributed by atoms with Gasteiger partial charge in [0.2, 0.25) is 6.04 Å². The van der Waals surface area contributed by atoms with Gasteiger partial charge in [0.1, 0.15) is 11.8 Å². The van der Waals surface area contributed by atoms with E-state index in [0.29, 0.717) is 25.3 Å². The van der Waals surface area contributed by atoms with Crippen LogP contribution in [0.1, 0.15) is 50.0 Å². The fourth-order valence-electron chi connectivity index (χ4n) is 4.74. The Balaban J connectivity index is 1.62. The molecule has 5 rings (SSSR count). The summed E-state index contributed by atoms with van der Waals surface area (Å²) in [5.41, 5.74) is 1.15. The zero-order chi connectivity index (χ0) is 18.8. The van der Waals surface area contributed by atoms with Crippen molar-refractivity contribution in [3.05, 3.63) is 39.9 Å². The average molecular weight is 374 g/mol. The van der Waals surface area contributed by atoms with E-state index in [-0.39, 0.29) is 30.1 Å². The maximum atomic E-state index is 12.8. The van der Waals surface area contributed by atoms with Crippen LogP contribution >= 0.6 is 0 Å². The second kappa shape index (κ2) is 7.84. The third-order valence-electron chi connectivity index (χ3n) is 6.22. The van der Waals surface area contributed by atoms with Crippen LogP contribution in [0.15, 0.2) is 24.3 Å². The lowest BCUT2D eigenvalue weighted by atomic mass is 9.82. The maximum Gasteiger partial charge on any atom is 0.261 e. The molecule has 2 atom stereocenters. The summed E-state index contributed by atoms with van der Waals surface area (Å²) < 4.78 is 12.0. The number of fused-ring (bicyclic) bond motifs is 5. The summed E-state index contributed by atoms with van der Waals surface area (Å²) in [6.07, 6.45) is 5.11. The lowest BCUT2D eigenvalue weighted by Crippen LogP contribution is -2.57. The number of nitrogens with zero attached hydrogens (tertiary/aromatic N) is 2. The quantitative estimate of drug-likeness (QED) is 0.558. The van der Waals surface area contributed by atoms with E-state index in [1.165, 1.54) is 0 Å². The number of ether oxygens (including phenoxy) is 2. The van der Waals surface area contributed by atoms with Gasteiger partial charge < -0.3 is 14.4 Å². The van der Waals surface area contributed by atoms with Crippen molar-refractivity contribution in [3.63, 3.8) is 0 Å². The van der Waals surface area contributed by atoms with Crippen LogP contribution in [0.3, 0.4) is 0 Å². The van der Waals surface area contributed by atoms with Gasteiger partial charge in [0.05, 0.1) is 12.7 Å². The van der Waals surface area contributed by atoms with E-state index in [2.05, 4.69) is 6.07 Å². The number of piperidine rings is 1. The Morgan fingerprint density at radius 1 is 1.11 bits per heavy atom. The molecule has 1 saturated heterocycles. The molecule has 146 valence electrons. The van der Waals surface area contributed by atoms with Crippen LogP contribution in [0.5, 0.6) is 5.75 Å². The highest BCUT2D eigenvalue weighted by Gasteiger charge is 2.42. The van der Waals surface area contributed by atoms with Gasteiger partial charge in [-0.05, 0) is 49.7 Å².